The lowest BCUT2D eigenvalue weighted by molar-refractivity contribution is 0.102. The highest BCUT2D eigenvalue weighted by Gasteiger charge is 2.27. The van der Waals surface area contributed by atoms with Crippen LogP contribution in [0.3, 0.4) is 0 Å². The predicted molar refractivity (Wildman–Crippen MR) is 86.1 cm³/mol. The molecule has 1 saturated carbocycles. The molecule has 1 fully saturated rings. The third-order valence-corrected chi connectivity index (χ3v) is 4.28. The van der Waals surface area contributed by atoms with Gasteiger partial charge in [-0.25, -0.2) is 0 Å². The lowest BCUT2D eigenvalue weighted by atomic mass is 9.81. The zero-order valence-electron chi connectivity index (χ0n) is 13.3. The molecule has 1 aliphatic rings. The average molecular weight is 298 g/mol. The molecule has 1 aliphatic carbocycles. The van der Waals surface area contributed by atoms with Crippen molar-refractivity contribution in [3.8, 4) is 0 Å². The molecule has 1 N–H and O–H groups in total. The summed E-state index contributed by atoms with van der Waals surface area (Å²) in [5, 5.41) is 7.44. The normalized spacial score (nSPS) is 14.9. The van der Waals surface area contributed by atoms with Gasteiger partial charge in [0.25, 0.3) is 5.91 Å². The molecule has 0 aliphatic heterocycles. The molecule has 2 aromatic heterocycles. The van der Waals surface area contributed by atoms with Crippen LogP contribution >= 0.6 is 0 Å². The number of carbonyl (C=O) groups excluding carboxylic acids is 1. The van der Waals surface area contributed by atoms with Gasteiger partial charge in [-0.2, -0.15) is 5.10 Å². The number of rotatable bonds is 4. The maximum Gasteiger partial charge on any atom is 0.259 e. The number of amides is 1. The van der Waals surface area contributed by atoms with Gasteiger partial charge < -0.3 is 5.32 Å². The summed E-state index contributed by atoms with van der Waals surface area (Å²) in [7, 11) is 1.86. The number of nitrogens with zero attached hydrogens (tertiary/aromatic N) is 3. The van der Waals surface area contributed by atoms with Crippen molar-refractivity contribution in [2.75, 3.05) is 5.32 Å². The fourth-order valence-corrected chi connectivity index (χ4v) is 2.70. The van der Waals surface area contributed by atoms with Crippen molar-refractivity contribution in [1.82, 2.24) is 14.8 Å². The molecule has 0 bridgehead atoms. The van der Waals surface area contributed by atoms with Crippen molar-refractivity contribution in [1.29, 1.82) is 0 Å². The first-order valence-electron chi connectivity index (χ1n) is 7.84. The summed E-state index contributed by atoms with van der Waals surface area (Å²) in [5.74, 6) is 0.716. The van der Waals surface area contributed by atoms with Crippen LogP contribution in [0.1, 0.15) is 66.6 Å². The second-order valence-electron chi connectivity index (χ2n) is 6.35. The number of aryl methyl sites for hydroxylation is 1. The quantitative estimate of drug-likeness (QED) is 0.940. The third kappa shape index (κ3) is 2.89. The summed E-state index contributed by atoms with van der Waals surface area (Å²) in [6.07, 6.45) is 8.81. The molecule has 0 atom stereocenters. The Bertz CT molecular complexity index is 686. The molecule has 0 spiro atoms. The number of hydrogen-bond donors (Lipinski definition) is 1. The van der Waals surface area contributed by atoms with E-state index in [4.69, 9.17) is 0 Å². The van der Waals surface area contributed by atoms with Crippen molar-refractivity contribution in [3.63, 3.8) is 0 Å². The van der Waals surface area contributed by atoms with Crippen LogP contribution in [0.15, 0.2) is 24.7 Å². The van der Waals surface area contributed by atoms with Gasteiger partial charge in [-0.3, -0.25) is 14.5 Å². The van der Waals surface area contributed by atoms with E-state index in [1.54, 1.807) is 10.9 Å². The Morgan fingerprint density at radius 1 is 1.36 bits per heavy atom. The van der Waals surface area contributed by atoms with E-state index >= 15 is 0 Å². The summed E-state index contributed by atoms with van der Waals surface area (Å²) in [6.45, 7) is 4.22. The van der Waals surface area contributed by atoms with Crippen molar-refractivity contribution in [3.05, 3.63) is 41.5 Å². The monoisotopic (exact) mass is 298 g/mol. The second kappa shape index (κ2) is 5.91. The minimum atomic E-state index is -0.0993. The molecule has 5 nitrogen and oxygen atoms in total. The van der Waals surface area contributed by atoms with E-state index in [-0.39, 0.29) is 5.91 Å². The minimum Gasteiger partial charge on any atom is -0.320 e. The van der Waals surface area contributed by atoms with Crippen LogP contribution in [0.2, 0.25) is 0 Å². The van der Waals surface area contributed by atoms with E-state index < -0.39 is 0 Å². The zero-order chi connectivity index (χ0) is 15.7. The highest BCUT2D eigenvalue weighted by atomic mass is 16.1. The zero-order valence-corrected chi connectivity index (χ0v) is 13.3. The Hall–Kier alpha value is -2.17. The first-order chi connectivity index (χ1) is 10.5. The van der Waals surface area contributed by atoms with Gasteiger partial charge in [0.15, 0.2) is 0 Å². The molecule has 1 amide bonds. The Morgan fingerprint density at radius 2 is 2.14 bits per heavy atom. The fourth-order valence-electron chi connectivity index (χ4n) is 2.70. The Kier molecular flexibility index (Phi) is 3.96. The van der Waals surface area contributed by atoms with Gasteiger partial charge in [0, 0.05) is 25.4 Å². The van der Waals surface area contributed by atoms with Crippen molar-refractivity contribution in [2.24, 2.45) is 7.05 Å². The number of carbonyl (C=O) groups is 1. The third-order valence-electron chi connectivity index (χ3n) is 4.28. The van der Waals surface area contributed by atoms with Gasteiger partial charge in [0.1, 0.15) is 0 Å². The van der Waals surface area contributed by atoms with E-state index in [9.17, 15) is 4.79 Å². The Labute approximate surface area is 130 Å². The molecule has 22 heavy (non-hydrogen) atoms. The van der Waals surface area contributed by atoms with E-state index in [2.05, 4.69) is 29.2 Å². The standard InChI is InChI=1S/C17H22N4O/c1-11(2)13-7-14(9-18-8-13)19-17(22)15-10-21(3)20-16(15)12-5-4-6-12/h7-12H,4-6H2,1-3H3,(H,19,22). The lowest BCUT2D eigenvalue weighted by Crippen LogP contribution is -2.18. The minimum absolute atomic E-state index is 0.0993. The number of hydrogen-bond acceptors (Lipinski definition) is 3. The lowest BCUT2D eigenvalue weighted by Gasteiger charge is -2.24. The molecule has 0 saturated heterocycles. The molecule has 3 rings (SSSR count). The van der Waals surface area contributed by atoms with Crippen molar-refractivity contribution < 1.29 is 4.79 Å². The van der Waals surface area contributed by atoms with Crippen LogP contribution in [0.4, 0.5) is 5.69 Å². The molecule has 2 aromatic rings. The summed E-state index contributed by atoms with van der Waals surface area (Å²) in [5.41, 5.74) is 3.46. The molecule has 2 heterocycles. The van der Waals surface area contributed by atoms with Crippen LogP contribution in [0.25, 0.3) is 0 Å². The number of anilines is 1. The highest BCUT2D eigenvalue weighted by Crippen LogP contribution is 2.37. The van der Waals surface area contributed by atoms with Crippen LogP contribution in [-0.2, 0) is 7.05 Å². The first-order valence-corrected chi connectivity index (χ1v) is 7.84. The van der Waals surface area contributed by atoms with Crippen molar-refractivity contribution >= 4 is 11.6 Å². The van der Waals surface area contributed by atoms with Gasteiger partial charge in [0.2, 0.25) is 0 Å². The summed E-state index contributed by atoms with van der Waals surface area (Å²) >= 11 is 0. The topological polar surface area (TPSA) is 59.8 Å². The summed E-state index contributed by atoms with van der Waals surface area (Å²) in [6, 6.07) is 1.98. The van der Waals surface area contributed by atoms with Crippen LogP contribution in [-0.4, -0.2) is 20.7 Å². The van der Waals surface area contributed by atoms with E-state index in [1.807, 2.05) is 25.5 Å². The molecule has 0 unspecified atom stereocenters. The van der Waals surface area contributed by atoms with Crippen LogP contribution in [0, 0.1) is 0 Å². The SMILES string of the molecule is CC(C)c1cncc(NC(=O)c2cn(C)nc2C2CCC2)c1. The van der Waals surface area contributed by atoms with Gasteiger partial charge in [-0.05, 0) is 30.4 Å². The molecule has 5 heteroatoms. The molecular formula is C17H22N4O. The van der Waals surface area contributed by atoms with E-state index in [1.165, 1.54) is 6.42 Å². The van der Waals surface area contributed by atoms with Gasteiger partial charge >= 0.3 is 0 Å². The fraction of sp³-hybridized carbons (Fsp3) is 0.471. The van der Waals surface area contributed by atoms with Gasteiger partial charge in [-0.1, -0.05) is 20.3 Å². The van der Waals surface area contributed by atoms with Crippen LogP contribution in [0.5, 0.6) is 0 Å². The van der Waals surface area contributed by atoms with Crippen molar-refractivity contribution in [2.45, 2.75) is 44.9 Å². The molecule has 0 aromatic carbocycles. The van der Waals surface area contributed by atoms with E-state index in [0.29, 0.717) is 17.4 Å². The molecule has 116 valence electrons. The first kappa shape index (κ1) is 14.8. The summed E-state index contributed by atoms with van der Waals surface area (Å²) < 4.78 is 1.73. The molecular weight excluding hydrogens is 276 g/mol. The van der Waals surface area contributed by atoms with Gasteiger partial charge in [-0.15, -0.1) is 0 Å². The Balaban J connectivity index is 1.81. The number of pyridine rings is 1. The second-order valence-corrected chi connectivity index (χ2v) is 6.35. The van der Waals surface area contributed by atoms with E-state index in [0.717, 1.165) is 29.8 Å². The Morgan fingerprint density at radius 3 is 2.77 bits per heavy atom. The molecule has 0 radical (unpaired) electrons. The number of aromatic nitrogens is 3. The average Bonchev–Trinajstić information content (AvgIpc) is 2.79. The highest BCUT2D eigenvalue weighted by molar-refractivity contribution is 6.05. The van der Waals surface area contributed by atoms with Crippen LogP contribution < -0.4 is 5.32 Å². The predicted octanol–water partition coefficient (Wildman–Crippen LogP) is 3.46. The number of nitrogens with one attached hydrogen (secondary N) is 1. The smallest absolute Gasteiger partial charge is 0.259 e. The maximum absolute atomic E-state index is 12.6. The largest absolute Gasteiger partial charge is 0.320 e. The maximum atomic E-state index is 12.6. The van der Waals surface area contributed by atoms with Gasteiger partial charge in [0.05, 0.1) is 23.1 Å². The summed E-state index contributed by atoms with van der Waals surface area (Å²) in [4.78, 5) is 16.8.